The summed E-state index contributed by atoms with van der Waals surface area (Å²) in [7, 11) is -3.50. The average molecular weight is 304 g/mol. The first-order valence-corrected chi connectivity index (χ1v) is 8.57. The molecule has 1 fully saturated rings. The summed E-state index contributed by atoms with van der Waals surface area (Å²) >= 11 is 1.30. The van der Waals surface area contributed by atoms with E-state index in [-0.39, 0.29) is 0 Å². The Hall–Kier alpha value is -0.470. The molecule has 5 nitrogen and oxygen atoms in total. The first-order chi connectivity index (χ1) is 8.88. The molecule has 7 heteroatoms. The van der Waals surface area contributed by atoms with E-state index >= 15 is 0 Å². The SMILES string of the molecule is Cc1cc(S(=O)(=O)NC2(CN)CCOCC2)sc1C. The standard InChI is InChI=1S/C12H20N2O3S2/c1-9-7-11(18-10(9)2)19(15,16)14-12(8-13)3-5-17-6-4-12/h7,14H,3-6,8,13H2,1-2H3. The Bertz CT molecular complexity index is 526. The third-order valence-corrected chi connectivity index (χ3v) is 6.80. The summed E-state index contributed by atoms with van der Waals surface area (Å²) in [6.07, 6.45) is 1.23. The number of sulfonamides is 1. The van der Waals surface area contributed by atoms with Crippen LogP contribution in [0.4, 0.5) is 0 Å². The number of ether oxygens (including phenoxy) is 1. The minimum atomic E-state index is -3.50. The molecule has 2 rings (SSSR count). The lowest BCUT2D eigenvalue weighted by atomic mass is 9.92. The second kappa shape index (κ2) is 5.49. The topological polar surface area (TPSA) is 81.4 Å². The summed E-state index contributed by atoms with van der Waals surface area (Å²) in [5, 5.41) is 0. The maximum atomic E-state index is 12.4. The summed E-state index contributed by atoms with van der Waals surface area (Å²) in [4.78, 5) is 1.02. The molecule has 0 saturated carbocycles. The molecular formula is C12H20N2O3S2. The zero-order chi connectivity index (χ0) is 14.1. The predicted octanol–water partition coefficient (Wildman–Crippen LogP) is 1.15. The van der Waals surface area contributed by atoms with Gasteiger partial charge in [-0.1, -0.05) is 0 Å². The molecule has 0 aliphatic carbocycles. The molecule has 1 aliphatic rings. The molecule has 1 aromatic heterocycles. The van der Waals surface area contributed by atoms with Crippen LogP contribution in [-0.4, -0.2) is 33.7 Å². The van der Waals surface area contributed by atoms with Crippen molar-refractivity contribution in [1.29, 1.82) is 0 Å². The fourth-order valence-electron chi connectivity index (χ4n) is 2.12. The van der Waals surface area contributed by atoms with Gasteiger partial charge in [-0.3, -0.25) is 0 Å². The molecular weight excluding hydrogens is 284 g/mol. The van der Waals surface area contributed by atoms with Gasteiger partial charge in [0.15, 0.2) is 0 Å². The molecule has 108 valence electrons. The van der Waals surface area contributed by atoms with Gasteiger partial charge in [0, 0.05) is 30.2 Å². The van der Waals surface area contributed by atoms with E-state index in [1.165, 1.54) is 11.3 Å². The van der Waals surface area contributed by atoms with Crippen LogP contribution in [0.1, 0.15) is 23.3 Å². The summed E-state index contributed by atoms with van der Waals surface area (Å²) < 4.78 is 33.3. The fraction of sp³-hybridized carbons (Fsp3) is 0.667. The molecule has 0 amide bonds. The van der Waals surface area contributed by atoms with E-state index in [9.17, 15) is 8.42 Å². The number of nitrogens with two attached hydrogens (primary N) is 1. The van der Waals surface area contributed by atoms with E-state index < -0.39 is 15.6 Å². The van der Waals surface area contributed by atoms with Crippen molar-refractivity contribution in [2.75, 3.05) is 19.8 Å². The molecule has 2 heterocycles. The van der Waals surface area contributed by atoms with E-state index in [4.69, 9.17) is 10.5 Å². The quantitative estimate of drug-likeness (QED) is 0.874. The minimum absolute atomic E-state index is 0.291. The third-order valence-electron chi connectivity index (χ3n) is 3.60. The van der Waals surface area contributed by atoms with Gasteiger partial charge in [-0.2, -0.15) is 0 Å². The summed E-state index contributed by atoms with van der Waals surface area (Å²) in [5.41, 5.74) is 6.21. The van der Waals surface area contributed by atoms with Crippen molar-refractivity contribution in [3.63, 3.8) is 0 Å². The van der Waals surface area contributed by atoms with Gasteiger partial charge < -0.3 is 10.5 Å². The highest BCUT2D eigenvalue weighted by molar-refractivity contribution is 7.91. The number of thiophene rings is 1. The number of nitrogens with one attached hydrogen (secondary N) is 1. The summed E-state index contributed by atoms with van der Waals surface area (Å²) in [5.74, 6) is 0. The smallest absolute Gasteiger partial charge is 0.250 e. The van der Waals surface area contributed by atoms with Crippen LogP contribution < -0.4 is 10.5 Å². The van der Waals surface area contributed by atoms with Crippen LogP contribution in [0.15, 0.2) is 10.3 Å². The normalized spacial score (nSPS) is 19.5. The molecule has 3 N–H and O–H groups in total. The molecule has 0 bridgehead atoms. The molecule has 0 atom stereocenters. The molecule has 1 aliphatic heterocycles. The first-order valence-electron chi connectivity index (χ1n) is 6.27. The van der Waals surface area contributed by atoms with Crippen molar-refractivity contribution in [2.24, 2.45) is 5.73 Å². The highest BCUT2D eigenvalue weighted by atomic mass is 32.2. The van der Waals surface area contributed by atoms with Crippen molar-refractivity contribution >= 4 is 21.4 Å². The van der Waals surface area contributed by atoms with Crippen LogP contribution in [0.2, 0.25) is 0 Å². The Morgan fingerprint density at radius 2 is 2.05 bits per heavy atom. The number of aryl methyl sites for hydroxylation is 2. The van der Waals surface area contributed by atoms with Crippen molar-refractivity contribution in [2.45, 2.75) is 36.4 Å². The van der Waals surface area contributed by atoms with Crippen molar-refractivity contribution < 1.29 is 13.2 Å². The van der Waals surface area contributed by atoms with Gasteiger partial charge in [0.05, 0.1) is 0 Å². The van der Waals surface area contributed by atoms with Gasteiger partial charge in [-0.25, -0.2) is 13.1 Å². The Balaban J connectivity index is 2.24. The fourth-order valence-corrected chi connectivity index (χ4v) is 5.10. The summed E-state index contributed by atoms with van der Waals surface area (Å²) in [6.45, 7) is 5.22. The molecule has 0 unspecified atom stereocenters. The van der Waals surface area contributed by atoms with Crippen molar-refractivity contribution in [1.82, 2.24) is 4.72 Å². The lowest BCUT2D eigenvalue weighted by Crippen LogP contribution is -2.56. The van der Waals surface area contributed by atoms with Gasteiger partial charge in [0.1, 0.15) is 4.21 Å². The third kappa shape index (κ3) is 3.17. The van der Waals surface area contributed by atoms with Crippen LogP contribution in [0.5, 0.6) is 0 Å². The monoisotopic (exact) mass is 304 g/mol. The molecule has 0 radical (unpaired) electrons. The van der Waals surface area contributed by atoms with E-state index in [1.54, 1.807) is 6.07 Å². The highest BCUT2D eigenvalue weighted by Crippen LogP contribution is 2.28. The van der Waals surface area contributed by atoms with Gasteiger partial charge >= 0.3 is 0 Å². The van der Waals surface area contributed by atoms with Gasteiger partial charge in [0.25, 0.3) is 10.0 Å². The van der Waals surface area contributed by atoms with Crippen LogP contribution in [-0.2, 0) is 14.8 Å². The lowest BCUT2D eigenvalue weighted by Gasteiger charge is -2.36. The molecule has 0 aromatic carbocycles. The van der Waals surface area contributed by atoms with E-state index in [2.05, 4.69) is 4.72 Å². The Morgan fingerprint density at radius 1 is 1.42 bits per heavy atom. The second-order valence-corrected chi connectivity index (χ2v) is 8.17. The van der Waals surface area contributed by atoms with Gasteiger partial charge in [-0.15, -0.1) is 11.3 Å². The molecule has 1 aromatic rings. The van der Waals surface area contributed by atoms with Crippen LogP contribution in [0, 0.1) is 13.8 Å². The summed E-state index contributed by atoms with van der Waals surface area (Å²) in [6, 6.07) is 1.71. The van der Waals surface area contributed by atoms with Gasteiger partial charge in [0.2, 0.25) is 0 Å². The van der Waals surface area contributed by atoms with Gasteiger partial charge in [-0.05, 0) is 38.3 Å². The van der Waals surface area contributed by atoms with E-state index in [0.717, 1.165) is 10.4 Å². The Kier molecular flexibility index (Phi) is 4.32. The van der Waals surface area contributed by atoms with Crippen LogP contribution >= 0.6 is 11.3 Å². The highest BCUT2D eigenvalue weighted by Gasteiger charge is 2.36. The van der Waals surface area contributed by atoms with E-state index in [0.29, 0.717) is 36.8 Å². The second-order valence-electron chi connectivity index (χ2n) is 5.01. The largest absolute Gasteiger partial charge is 0.381 e. The molecule has 0 spiro atoms. The van der Waals surface area contributed by atoms with Crippen LogP contribution in [0.25, 0.3) is 0 Å². The average Bonchev–Trinajstić information content (AvgIpc) is 2.71. The number of hydrogen-bond donors (Lipinski definition) is 2. The number of rotatable bonds is 4. The molecule has 19 heavy (non-hydrogen) atoms. The maximum Gasteiger partial charge on any atom is 0.250 e. The molecule has 1 saturated heterocycles. The Labute approximate surface area is 118 Å². The van der Waals surface area contributed by atoms with Crippen LogP contribution in [0.3, 0.4) is 0 Å². The predicted molar refractivity (Wildman–Crippen MR) is 76.0 cm³/mol. The Morgan fingerprint density at radius 3 is 2.53 bits per heavy atom. The first kappa shape index (κ1) is 14.9. The van der Waals surface area contributed by atoms with Crippen molar-refractivity contribution in [3.05, 3.63) is 16.5 Å². The number of hydrogen-bond acceptors (Lipinski definition) is 5. The zero-order valence-electron chi connectivity index (χ0n) is 11.2. The zero-order valence-corrected chi connectivity index (χ0v) is 12.9. The minimum Gasteiger partial charge on any atom is -0.381 e. The lowest BCUT2D eigenvalue weighted by molar-refractivity contribution is 0.0502. The van der Waals surface area contributed by atoms with Crippen molar-refractivity contribution in [3.8, 4) is 0 Å². The maximum absolute atomic E-state index is 12.4. The van der Waals surface area contributed by atoms with E-state index in [1.807, 2.05) is 13.8 Å².